The van der Waals surface area contributed by atoms with Crippen molar-refractivity contribution in [3.8, 4) is 0 Å². The first-order valence-electron chi connectivity index (χ1n) is 6.37. The van der Waals surface area contributed by atoms with E-state index < -0.39 is 10.9 Å². The number of benzene rings is 1. The zero-order chi connectivity index (χ0) is 15.1. The Morgan fingerprint density at radius 1 is 1.40 bits per heavy atom. The number of carboxylic acids is 1. The molecule has 0 unspecified atom stereocenters. The van der Waals surface area contributed by atoms with E-state index in [1.165, 1.54) is 30.0 Å². The molecule has 1 aromatic carbocycles. The molecule has 1 rings (SSSR count). The third-order valence-corrected chi connectivity index (χ3v) is 4.07. The van der Waals surface area contributed by atoms with Crippen LogP contribution in [-0.2, 0) is 0 Å². The molecule has 1 aromatic rings. The molecule has 0 bridgehead atoms. The summed E-state index contributed by atoms with van der Waals surface area (Å²) >= 11 is 1.23. The molecule has 0 heterocycles. The topological polar surface area (TPSA) is 83.7 Å². The highest BCUT2D eigenvalue weighted by Crippen LogP contribution is 2.32. The fourth-order valence-corrected chi connectivity index (χ4v) is 2.96. The average Bonchev–Trinajstić information content (AvgIpc) is 2.43. The van der Waals surface area contributed by atoms with E-state index in [2.05, 4.69) is 4.90 Å². The van der Waals surface area contributed by atoms with Gasteiger partial charge in [-0.1, -0.05) is 19.9 Å². The quantitative estimate of drug-likeness (QED) is 0.451. The Morgan fingerprint density at radius 2 is 2.05 bits per heavy atom. The molecule has 7 heteroatoms. The number of carboxylic acid groups (broad SMARTS) is 1. The second-order valence-electron chi connectivity index (χ2n) is 4.09. The summed E-state index contributed by atoms with van der Waals surface area (Å²) in [5.74, 6) is -0.522. The fourth-order valence-electron chi connectivity index (χ4n) is 1.81. The Kier molecular flexibility index (Phi) is 6.47. The number of nitrogens with zero attached hydrogens (tertiary/aromatic N) is 2. The number of nitro benzene ring substituents is 1. The molecule has 0 spiro atoms. The van der Waals surface area contributed by atoms with Gasteiger partial charge in [0.2, 0.25) is 0 Å². The van der Waals surface area contributed by atoms with Crippen LogP contribution in [0.4, 0.5) is 5.69 Å². The summed E-state index contributed by atoms with van der Waals surface area (Å²) in [6.45, 7) is 6.66. The van der Waals surface area contributed by atoms with Gasteiger partial charge in [-0.25, -0.2) is 4.79 Å². The molecule has 0 radical (unpaired) electrons. The van der Waals surface area contributed by atoms with Crippen LogP contribution in [0.3, 0.4) is 0 Å². The van der Waals surface area contributed by atoms with E-state index in [1.807, 2.05) is 13.8 Å². The van der Waals surface area contributed by atoms with Gasteiger partial charge in [-0.2, -0.15) is 0 Å². The Balaban J connectivity index is 2.91. The van der Waals surface area contributed by atoms with E-state index >= 15 is 0 Å². The number of aromatic carboxylic acids is 1. The van der Waals surface area contributed by atoms with Crippen LogP contribution < -0.4 is 0 Å². The lowest BCUT2D eigenvalue weighted by Gasteiger charge is -2.17. The summed E-state index contributed by atoms with van der Waals surface area (Å²) < 4.78 is 0. The van der Waals surface area contributed by atoms with Gasteiger partial charge in [-0.15, -0.1) is 11.8 Å². The molecule has 0 aliphatic rings. The zero-order valence-electron chi connectivity index (χ0n) is 11.5. The van der Waals surface area contributed by atoms with E-state index in [-0.39, 0.29) is 16.1 Å². The molecule has 0 fully saturated rings. The number of hydrogen-bond acceptors (Lipinski definition) is 5. The van der Waals surface area contributed by atoms with Crippen molar-refractivity contribution in [1.29, 1.82) is 0 Å². The van der Waals surface area contributed by atoms with Crippen molar-refractivity contribution in [3.05, 3.63) is 33.9 Å². The smallest absolute Gasteiger partial charge is 0.337 e. The average molecular weight is 298 g/mol. The van der Waals surface area contributed by atoms with Crippen LogP contribution >= 0.6 is 11.8 Å². The molecule has 110 valence electrons. The maximum Gasteiger partial charge on any atom is 0.337 e. The van der Waals surface area contributed by atoms with Crippen LogP contribution in [0.1, 0.15) is 24.2 Å². The zero-order valence-corrected chi connectivity index (χ0v) is 12.4. The van der Waals surface area contributed by atoms with Gasteiger partial charge in [-0.3, -0.25) is 10.1 Å². The first-order chi connectivity index (χ1) is 9.51. The molecule has 20 heavy (non-hydrogen) atoms. The summed E-state index contributed by atoms with van der Waals surface area (Å²) in [5, 5.41) is 20.1. The van der Waals surface area contributed by atoms with E-state index in [0.717, 1.165) is 19.6 Å². The number of carbonyl (C=O) groups is 1. The summed E-state index contributed by atoms with van der Waals surface area (Å²) in [4.78, 5) is 24.0. The molecule has 0 saturated heterocycles. The minimum absolute atomic E-state index is 0.0104. The molecule has 6 nitrogen and oxygen atoms in total. The minimum atomic E-state index is -1.14. The molecule has 0 aromatic heterocycles. The van der Waals surface area contributed by atoms with Gasteiger partial charge < -0.3 is 10.0 Å². The molecule has 0 amide bonds. The predicted octanol–water partition coefficient (Wildman–Crippen LogP) is 2.73. The summed E-state index contributed by atoms with van der Waals surface area (Å²) in [6, 6.07) is 4.14. The van der Waals surface area contributed by atoms with Gasteiger partial charge >= 0.3 is 5.97 Å². The highest BCUT2D eigenvalue weighted by Gasteiger charge is 2.21. The van der Waals surface area contributed by atoms with E-state index in [1.54, 1.807) is 0 Å². The Bertz CT molecular complexity index is 457. The van der Waals surface area contributed by atoms with Gasteiger partial charge in [0.15, 0.2) is 0 Å². The number of nitro groups is 1. The standard InChI is InChI=1S/C13H18N2O4S/c1-3-14(4-2)8-9-20-12-10(13(16)17)6-5-7-11(12)15(18)19/h5-7H,3-4,8-9H2,1-2H3,(H,16,17). The number of hydrogen-bond donors (Lipinski definition) is 1. The molecule has 0 aliphatic carbocycles. The Labute approximate surface area is 121 Å². The van der Waals surface area contributed by atoms with Crippen molar-refractivity contribution in [2.24, 2.45) is 0 Å². The molecule has 0 atom stereocenters. The van der Waals surface area contributed by atoms with E-state index in [4.69, 9.17) is 5.11 Å². The van der Waals surface area contributed by atoms with Crippen LogP contribution in [0, 0.1) is 10.1 Å². The molecular formula is C13H18N2O4S. The predicted molar refractivity (Wildman–Crippen MR) is 78.6 cm³/mol. The summed E-state index contributed by atoms with van der Waals surface area (Å²) in [5.41, 5.74) is -0.154. The van der Waals surface area contributed by atoms with Crippen LogP contribution in [0.25, 0.3) is 0 Å². The molecule has 1 N–H and O–H groups in total. The lowest BCUT2D eigenvalue weighted by molar-refractivity contribution is -0.387. The highest BCUT2D eigenvalue weighted by atomic mass is 32.2. The number of thioether (sulfide) groups is 1. The minimum Gasteiger partial charge on any atom is -0.478 e. The normalized spacial score (nSPS) is 10.8. The van der Waals surface area contributed by atoms with Gasteiger partial charge in [0.05, 0.1) is 15.4 Å². The van der Waals surface area contributed by atoms with Crippen LogP contribution in [0.15, 0.2) is 23.1 Å². The Morgan fingerprint density at radius 3 is 2.55 bits per heavy atom. The fraction of sp³-hybridized carbons (Fsp3) is 0.462. The maximum absolute atomic E-state index is 11.2. The lowest BCUT2D eigenvalue weighted by atomic mass is 10.2. The third-order valence-electron chi connectivity index (χ3n) is 2.97. The lowest BCUT2D eigenvalue weighted by Crippen LogP contribution is -2.25. The second-order valence-corrected chi connectivity index (χ2v) is 5.20. The van der Waals surface area contributed by atoms with Crippen molar-refractivity contribution in [2.75, 3.05) is 25.4 Å². The van der Waals surface area contributed by atoms with Gasteiger partial charge in [0.25, 0.3) is 5.69 Å². The van der Waals surface area contributed by atoms with Crippen molar-refractivity contribution in [3.63, 3.8) is 0 Å². The van der Waals surface area contributed by atoms with Crippen LogP contribution in [0.2, 0.25) is 0 Å². The van der Waals surface area contributed by atoms with Crippen molar-refractivity contribution in [2.45, 2.75) is 18.7 Å². The second kappa shape index (κ2) is 7.86. The van der Waals surface area contributed by atoms with Gasteiger partial charge in [0.1, 0.15) is 0 Å². The molecule has 0 aliphatic heterocycles. The summed E-state index contributed by atoms with van der Waals surface area (Å²) in [7, 11) is 0. The van der Waals surface area contributed by atoms with E-state index in [9.17, 15) is 14.9 Å². The SMILES string of the molecule is CCN(CC)CCSc1c(C(=O)O)cccc1[N+](=O)[O-]. The first kappa shape index (κ1) is 16.5. The number of rotatable bonds is 8. The van der Waals surface area contributed by atoms with E-state index in [0.29, 0.717) is 5.75 Å². The third kappa shape index (κ3) is 4.21. The molecular weight excluding hydrogens is 280 g/mol. The van der Waals surface area contributed by atoms with Gasteiger partial charge in [0, 0.05) is 18.4 Å². The largest absolute Gasteiger partial charge is 0.478 e. The maximum atomic E-state index is 11.2. The van der Waals surface area contributed by atoms with Crippen molar-refractivity contribution in [1.82, 2.24) is 4.90 Å². The Hall–Kier alpha value is -1.60. The van der Waals surface area contributed by atoms with Crippen molar-refractivity contribution >= 4 is 23.4 Å². The monoisotopic (exact) mass is 298 g/mol. The van der Waals surface area contributed by atoms with Crippen LogP contribution in [-0.4, -0.2) is 46.3 Å². The van der Waals surface area contributed by atoms with Crippen LogP contribution in [0.5, 0.6) is 0 Å². The van der Waals surface area contributed by atoms with Crippen molar-refractivity contribution < 1.29 is 14.8 Å². The van der Waals surface area contributed by atoms with Gasteiger partial charge in [-0.05, 0) is 19.2 Å². The summed E-state index contributed by atoms with van der Waals surface area (Å²) in [6.07, 6.45) is 0. The molecule has 0 saturated carbocycles. The highest BCUT2D eigenvalue weighted by molar-refractivity contribution is 7.99. The first-order valence-corrected chi connectivity index (χ1v) is 7.35.